The Morgan fingerprint density at radius 2 is 2.10 bits per heavy atom. The van der Waals surface area contributed by atoms with Crippen LogP contribution in [0.3, 0.4) is 0 Å². The molecule has 3 rings (SSSR count). The van der Waals surface area contributed by atoms with Crippen LogP contribution in [0.25, 0.3) is 22.3 Å². The van der Waals surface area contributed by atoms with E-state index in [2.05, 4.69) is 20.5 Å². The van der Waals surface area contributed by atoms with Crippen LogP contribution in [-0.2, 0) is 11.3 Å². The lowest BCUT2D eigenvalue weighted by Crippen LogP contribution is -2.06. The molecule has 0 aliphatic rings. The zero-order chi connectivity index (χ0) is 14.7. The molecular formula is C14H13N5O2. The molecular weight excluding hydrogens is 270 g/mol. The van der Waals surface area contributed by atoms with Crippen molar-refractivity contribution in [2.45, 2.75) is 19.4 Å². The molecule has 7 heteroatoms. The summed E-state index contributed by atoms with van der Waals surface area (Å²) in [5.41, 5.74) is 1.67. The molecule has 0 saturated carbocycles. The highest BCUT2D eigenvalue weighted by atomic mass is 16.4. The minimum atomic E-state index is -0.823. The van der Waals surface area contributed by atoms with Gasteiger partial charge in [0.2, 0.25) is 0 Å². The summed E-state index contributed by atoms with van der Waals surface area (Å²) in [5, 5.41) is 21.4. The highest BCUT2D eigenvalue weighted by Gasteiger charge is 2.12. The van der Waals surface area contributed by atoms with E-state index in [1.54, 1.807) is 10.9 Å². The third-order valence-electron chi connectivity index (χ3n) is 3.17. The van der Waals surface area contributed by atoms with E-state index in [1.165, 1.54) is 0 Å². The molecule has 0 unspecified atom stereocenters. The molecule has 0 atom stereocenters. The van der Waals surface area contributed by atoms with Crippen molar-refractivity contribution in [2.24, 2.45) is 0 Å². The number of rotatable bonds is 5. The Morgan fingerprint density at radius 3 is 2.95 bits per heavy atom. The monoisotopic (exact) mass is 283 g/mol. The molecule has 1 N–H and O–H groups in total. The van der Waals surface area contributed by atoms with Crippen molar-refractivity contribution in [3.63, 3.8) is 0 Å². The van der Waals surface area contributed by atoms with Crippen LogP contribution in [0.5, 0.6) is 0 Å². The number of para-hydroxylation sites is 1. The smallest absolute Gasteiger partial charge is 0.303 e. The minimum Gasteiger partial charge on any atom is -0.481 e. The maximum atomic E-state index is 10.6. The van der Waals surface area contributed by atoms with E-state index >= 15 is 0 Å². The molecule has 21 heavy (non-hydrogen) atoms. The molecule has 3 aromatic rings. The molecule has 0 spiro atoms. The molecule has 7 nitrogen and oxygen atoms in total. The second-order valence-electron chi connectivity index (χ2n) is 4.60. The number of aryl methyl sites for hydroxylation is 1. The first-order valence-corrected chi connectivity index (χ1v) is 6.58. The number of nitrogens with zero attached hydrogens (tertiary/aromatic N) is 5. The van der Waals surface area contributed by atoms with Crippen molar-refractivity contribution < 1.29 is 9.90 Å². The van der Waals surface area contributed by atoms with Gasteiger partial charge in [0.25, 0.3) is 0 Å². The zero-order valence-electron chi connectivity index (χ0n) is 11.2. The Bertz CT molecular complexity index is 778. The first-order chi connectivity index (χ1) is 10.3. The summed E-state index contributed by atoms with van der Waals surface area (Å²) in [6, 6.07) is 9.67. The van der Waals surface area contributed by atoms with Gasteiger partial charge in [-0.15, -0.1) is 5.10 Å². The third kappa shape index (κ3) is 2.71. The quantitative estimate of drug-likeness (QED) is 0.766. The minimum absolute atomic E-state index is 0.0904. The number of aliphatic carboxylic acids is 1. The Hall–Kier alpha value is -2.83. The van der Waals surface area contributed by atoms with Crippen molar-refractivity contribution >= 4 is 16.9 Å². The fourth-order valence-corrected chi connectivity index (χ4v) is 2.21. The number of pyridine rings is 1. The van der Waals surface area contributed by atoms with Gasteiger partial charge < -0.3 is 5.11 Å². The second kappa shape index (κ2) is 5.66. The van der Waals surface area contributed by atoms with E-state index in [0.29, 0.717) is 18.8 Å². The van der Waals surface area contributed by atoms with Gasteiger partial charge in [-0.25, -0.2) is 4.68 Å². The molecule has 0 amide bonds. The Kier molecular flexibility index (Phi) is 3.55. The van der Waals surface area contributed by atoms with Crippen molar-refractivity contribution in [1.82, 2.24) is 25.2 Å². The average Bonchev–Trinajstić information content (AvgIpc) is 2.94. The van der Waals surface area contributed by atoms with E-state index < -0.39 is 5.97 Å². The first-order valence-electron chi connectivity index (χ1n) is 6.58. The number of hydrogen-bond donors (Lipinski definition) is 1. The van der Waals surface area contributed by atoms with Crippen LogP contribution in [0, 0.1) is 0 Å². The van der Waals surface area contributed by atoms with Gasteiger partial charge in [0, 0.05) is 30.1 Å². The van der Waals surface area contributed by atoms with Crippen LogP contribution in [0.2, 0.25) is 0 Å². The molecule has 1 aromatic carbocycles. The standard InChI is InChI=1S/C14H13N5O2/c20-12(21)7-3-9-19-14(16-17-18-19)11-6-1-4-10-5-2-8-15-13(10)11/h1-2,4-6,8H,3,7,9H2,(H,20,21). The number of tetrazole rings is 1. The van der Waals surface area contributed by atoms with Crippen LogP contribution >= 0.6 is 0 Å². The highest BCUT2D eigenvalue weighted by Crippen LogP contribution is 2.24. The number of carbonyl (C=O) groups is 1. The van der Waals surface area contributed by atoms with Gasteiger partial charge in [0.1, 0.15) is 0 Å². The van der Waals surface area contributed by atoms with Gasteiger partial charge in [-0.1, -0.05) is 18.2 Å². The van der Waals surface area contributed by atoms with E-state index in [9.17, 15) is 4.79 Å². The number of hydrogen-bond acceptors (Lipinski definition) is 5. The van der Waals surface area contributed by atoms with Crippen LogP contribution in [0.15, 0.2) is 36.5 Å². The summed E-state index contributed by atoms with van der Waals surface area (Å²) < 4.78 is 1.62. The molecule has 0 fully saturated rings. The Balaban J connectivity index is 1.96. The van der Waals surface area contributed by atoms with Crippen LogP contribution < -0.4 is 0 Å². The highest BCUT2D eigenvalue weighted by molar-refractivity contribution is 5.91. The number of fused-ring (bicyclic) bond motifs is 1. The van der Waals surface area contributed by atoms with E-state index in [-0.39, 0.29) is 6.42 Å². The average molecular weight is 283 g/mol. The van der Waals surface area contributed by atoms with Gasteiger partial charge in [-0.2, -0.15) is 0 Å². The molecule has 0 bridgehead atoms. The Morgan fingerprint density at radius 1 is 1.24 bits per heavy atom. The fraction of sp³-hybridized carbons (Fsp3) is 0.214. The van der Waals surface area contributed by atoms with Crippen LogP contribution in [0.1, 0.15) is 12.8 Å². The molecule has 0 radical (unpaired) electrons. The van der Waals surface area contributed by atoms with Crippen molar-refractivity contribution in [3.05, 3.63) is 36.5 Å². The number of aromatic nitrogens is 5. The number of carboxylic acids is 1. The topological polar surface area (TPSA) is 93.8 Å². The van der Waals surface area contributed by atoms with Gasteiger partial charge in [0.05, 0.1) is 5.52 Å². The van der Waals surface area contributed by atoms with Crippen molar-refractivity contribution in [2.75, 3.05) is 0 Å². The molecule has 2 heterocycles. The van der Waals surface area contributed by atoms with E-state index in [0.717, 1.165) is 16.5 Å². The number of benzene rings is 1. The molecule has 106 valence electrons. The normalized spacial score (nSPS) is 10.9. The van der Waals surface area contributed by atoms with Crippen molar-refractivity contribution in [3.8, 4) is 11.4 Å². The SMILES string of the molecule is O=C(O)CCCn1nnnc1-c1cccc2cccnc12. The summed E-state index contributed by atoms with van der Waals surface area (Å²) in [4.78, 5) is 15.0. The number of carboxylic acid groups (broad SMARTS) is 1. The summed E-state index contributed by atoms with van der Waals surface area (Å²) in [5.74, 6) is -0.221. The predicted octanol–water partition coefficient (Wildman–Crippen LogP) is 1.75. The lowest BCUT2D eigenvalue weighted by molar-refractivity contribution is -0.137. The maximum absolute atomic E-state index is 10.6. The summed E-state index contributed by atoms with van der Waals surface area (Å²) in [6.45, 7) is 0.456. The van der Waals surface area contributed by atoms with E-state index in [4.69, 9.17) is 5.11 Å². The van der Waals surface area contributed by atoms with Crippen LogP contribution in [0.4, 0.5) is 0 Å². The molecule has 0 aliphatic heterocycles. The lowest BCUT2D eigenvalue weighted by atomic mass is 10.1. The Labute approximate surface area is 120 Å². The zero-order valence-corrected chi connectivity index (χ0v) is 11.2. The lowest BCUT2D eigenvalue weighted by Gasteiger charge is -2.06. The third-order valence-corrected chi connectivity index (χ3v) is 3.17. The first kappa shape index (κ1) is 13.2. The summed E-state index contributed by atoms with van der Waals surface area (Å²) in [6.07, 6.45) is 2.29. The van der Waals surface area contributed by atoms with Gasteiger partial charge >= 0.3 is 5.97 Å². The van der Waals surface area contributed by atoms with Crippen LogP contribution in [-0.4, -0.2) is 36.3 Å². The maximum Gasteiger partial charge on any atom is 0.303 e. The van der Waals surface area contributed by atoms with Gasteiger partial charge in [-0.3, -0.25) is 9.78 Å². The largest absolute Gasteiger partial charge is 0.481 e. The van der Waals surface area contributed by atoms with Crippen molar-refractivity contribution in [1.29, 1.82) is 0 Å². The summed E-state index contributed by atoms with van der Waals surface area (Å²) in [7, 11) is 0. The molecule has 0 aliphatic carbocycles. The second-order valence-corrected chi connectivity index (χ2v) is 4.60. The van der Waals surface area contributed by atoms with Gasteiger partial charge in [0.15, 0.2) is 5.82 Å². The predicted molar refractivity (Wildman–Crippen MR) is 75.4 cm³/mol. The molecule has 2 aromatic heterocycles. The summed E-state index contributed by atoms with van der Waals surface area (Å²) >= 11 is 0. The van der Waals surface area contributed by atoms with Gasteiger partial charge in [-0.05, 0) is 29.0 Å². The molecule has 0 saturated heterocycles. The van der Waals surface area contributed by atoms with E-state index in [1.807, 2.05) is 30.3 Å². The fourth-order valence-electron chi connectivity index (χ4n) is 2.21.